The number of aliphatic hydroxyl groups is 1. The van der Waals surface area contributed by atoms with E-state index in [0.29, 0.717) is 19.6 Å². The van der Waals surface area contributed by atoms with E-state index in [0.717, 1.165) is 0 Å². The van der Waals surface area contributed by atoms with Gasteiger partial charge in [-0.2, -0.15) is 0 Å². The first kappa shape index (κ1) is 9.22. The summed E-state index contributed by atoms with van der Waals surface area (Å²) in [7, 11) is 1.83. The molecule has 1 rings (SSSR count). The molecule has 4 nitrogen and oxygen atoms in total. The molecule has 1 unspecified atom stereocenters. The minimum atomic E-state index is -0.539. The Labute approximate surface area is 72.1 Å². The van der Waals surface area contributed by atoms with E-state index in [2.05, 4.69) is 6.58 Å². The molecule has 1 aliphatic heterocycles. The highest BCUT2D eigenvalue weighted by molar-refractivity contribution is 5.87. The normalized spacial score (nSPS) is 25.5. The first-order chi connectivity index (χ1) is 5.65. The number of carbonyl (C=O) groups excluding carboxylic acids is 1. The molecule has 0 bridgehead atoms. The van der Waals surface area contributed by atoms with Crippen molar-refractivity contribution < 1.29 is 9.90 Å². The standard InChI is InChI=1S/C8H14N2O2/c1-3-7(11)10-5-4-9(2)8(12)6-10/h3,8,12H,1,4-6H2,2H3. The summed E-state index contributed by atoms with van der Waals surface area (Å²) in [5.41, 5.74) is 0. The van der Waals surface area contributed by atoms with Gasteiger partial charge in [-0.15, -0.1) is 0 Å². The van der Waals surface area contributed by atoms with Crippen LogP contribution in [0.4, 0.5) is 0 Å². The lowest BCUT2D eigenvalue weighted by atomic mass is 10.3. The molecule has 68 valence electrons. The number of hydrogen-bond donors (Lipinski definition) is 1. The monoisotopic (exact) mass is 170 g/mol. The zero-order valence-electron chi connectivity index (χ0n) is 7.23. The second-order valence-corrected chi connectivity index (χ2v) is 2.95. The Morgan fingerprint density at radius 3 is 2.83 bits per heavy atom. The van der Waals surface area contributed by atoms with Gasteiger partial charge in [0.1, 0.15) is 6.23 Å². The molecule has 0 aliphatic carbocycles. The first-order valence-corrected chi connectivity index (χ1v) is 3.95. The highest BCUT2D eigenvalue weighted by atomic mass is 16.3. The molecule has 4 heteroatoms. The van der Waals surface area contributed by atoms with Crippen LogP contribution >= 0.6 is 0 Å². The molecule has 1 saturated heterocycles. The van der Waals surface area contributed by atoms with Crippen LogP contribution in [0, 0.1) is 0 Å². The molecular weight excluding hydrogens is 156 g/mol. The zero-order chi connectivity index (χ0) is 9.14. The van der Waals surface area contributed by atoms with Crippen molar-refractivity contribution >= 4 is 5.91 Å². The highest BCUT2D eigenvalue weighted by Gasteiger charge is 2.23. The molecule has 1 fully saturated rings. The van der Waals surface area contributed by atoms with Crippen LogP contribution in [0.15, 0.2) is 12.7 Å². The molecule has 1 amide bonds. The van der Waals surface area contributed by atoms with Crippen LogP contribution in [-0.2, 0) is 4.79 Å². The number of nitrogens with zero attached hydrogens (tertiary/aromatic N) is 2. The van der Waals surface area contributed by atoms with E-state index in [1.807, 2.05) is 11.9 Å². The Bertz CT molecular complexity index is 193. The summed E-state index contributed by atoms with van der Waals surface area (Å²) in [6.07, 6.45) is 0.737. The van der Waals surface area contributed by atoms with Crippen LogP contribution in [0.1, 0.15) is 0 Å². The van der Waals surface area contributed by atoms with Crippen molar-refractivity contribution in [1.29, 1.82) is 0 Å². The largest absolute Gasteiger partial charge is 0.377 e. The van der Waals surface area contributed by atoms with Crippen molar-refractivity contribution in [3.63, 3.8) is 0 Å². The van der Waals surface area contributed by atoms with Gasteiger partial charge in [0.15, 0.2) is 0 Å². The fourth-order valence-electron chi connectivity index (χ4n) is 1.18. The number of piperazine rings is 1. The van der Waals surface area contributed by atoms with Gasteiger partial charge in [-0.1, -0.05) is 6.58 Å². The predicted octanol–water partition coefficient (Wildman–Crippen LogP) is -0.735. The summed E-state index contributed by atoms with van der Waals surface area (Å²) in [4.78, 5) is 14.5. The second-order valence-electron chi connectivity index (χ2n) is 2.95. The Balaban J connectivity index is 2.50. The van der Waals surface area contributed by atoms with E-state index in [1.165, 1.54) is 6.08 Å². The SMILES string of the molecule is C=CC(=O)N1CCN(C)C(O)C1. The van der Waals surface area contributed by atoms with Crippen molar-refractivity contribution in [3.8, 4) is 0 Å². The van der Waals surface area contributed by atoms with Crippen molar-refractivity contribution in [1.82, 2.24) is 9.80 Å². The summed E-state index contributed by atoms with van der Waals surface area (Å²) in [6.45, 7) is 5.14. The zero-order valence-corrected chi connectivity index (χ0v) is 7.23. The van der Waals surface area contributed by atoms with Crippen LogP contribution in [-0.4, -0.2) is 53.7 Å². The summed E-state index contributed by atoms with van der Waals surface area (Å²) in [6, 6.07) is 0. The first-order valence-electron chi connectivity index (χ1n) is 3.95. The van der Waals surface area contributed by atoms with Crippen molar-refractivity contribution in [2.24, 2.45) is 0 Å². The molecule has 0 aromatic rings. The number of rotatable bonds is 1. The number of amides is 1. The van der Waals surface area contributed by atoms with E-state index in [4.69, 9.17) is 0 Å². The summed E-state index contributed by atoms with van der Waals surface area (Å²) in [5, 5.41) is 9.39. The van der Waals surface area contributed by atoms with Gasteiger partial charge in [0.05, 0.1) is 6.54 Å². The lowest BCUT2D eigenvalue weighted by Gasteiger charge is -2.35. The Morgan fingerprint density at radius 2 is 2.33 bits per heavy atom. The minimum absolute atomic E-state index is 0.109. The Morgan fingerprint density at radius 1 is 1.67 bits per heavy atom. The number of carbonyl (C=O) groups is 1. The van der Waals surface area contributed by atoms with E-state index in [9.17, 15) is 9.90 Å². The second kappa shape index (κ2) is 3.69. The molecule has 1 aliphatic rings. The van der Waals surface area contributed by atoms with Crippen LogP contribution in [0.25, 0.3) is 0 Å². The topological polar surface area (TPSA) is 43.8 Å². The van der Waals surface area contributed by atoms with Crippen LogP contribution in [0.3, 0.4) is 0 Å². The van der Waals surface area contributed by atoms with Gasteiger partial charge < -0.3 is 10.0 Å². The smallest absolute Gasteiger partial charge is 0.246 e. The van der Waals surface area contributed by atoms with Crippen LogP contribution < -0.4 is 0 Å². The molecular formula is C8H14N2O2. The van der Waals surface area contributed by atoms with Gasteiger partial charge in [-0.25, -0.2) is 0 Å². The van der Waals surface area contributed by atoms with Crippen LogP contribution in [0.2, 0.25) is 0 Å². The molecule has 0 spiro atoms. The minimum Gasteiger partial charge on any atom is -0.377 e. The molecule has 0 aromatic carbocycles. The van der Waals surface area contributed by atoms with E-state index < -0.39 is 6.23 Å². The molecule has 1 N–H and O–H groups in total. The van der Waals surface area contributed by atoms with Crippen LogP contribution in [0.5, 0.6) is 0 Å². The maximum Gasteiger partial charge on any atom is 0.246 e. The van der Waals surface area contributed by atoms with Crippen molar-refractivity contribution in [2.75, 3.05) is 26.7 Å². The van der Waals surface area contributed by atoms with Gasteiger partial charge in [0.25, 0.3) is 0 Å². The van der Waals surface area contributed by atoms with Crippen molar-refractivity contribution in [3.05, 3.63) is 12.7 Å². The van der Waals surface area contributed by atoms with E-state index in [1.54, 1.807) is 4.90 Å². The van der Waals surface area contributed by atoms with E-state index in [-0.39, 0.29) is 5.91 Å². The quantitative estimate of drug-likeness (QED) is 0.527. The van der Waals surface area contributed by atoms with Gasteiger partial charge in [0, 0.05) is 13.1 Å². The fourth-order valence-corrected chi connectivity index (χ4v) is 1.18. The molecule has 1 heterocycles. The molecule has 12 heavy (non-hydrogen) atoms. The molecule has 1 atom stereocenters. The number of hydrogen-bond acceptors (Lipinski definition) is 3. The van der Waals surface area contributed by atoms with Gasteiger partial charge in [-0.3, -0.25) is 9.69 Å². The third-order valence-electron chi connectivity index (χ3n) is 2.10. The maximum absolute atomic E-state index is 11.1. The number of likely N-dealkylation sites (N-methyl/N-ethyl adjacent to an activating group) is 1. The van der Waals surface area contributed by atoms with Gasteiger partial charge >= 0.3 is 0 Å². The fraction of sp³-hybridized carbons (Fsp3) is 0.625. The average molecular weight is 170 g/mol. The third-order valence-corrected chi connectivity index (χ3v) is 2.10. The number of aliphatic hydroxyl groups excluding tert-OH is 1. The average Bonchev–Trinajstić information content (AvgIpc) is 2.08. The number of β-amino-alcohol motifs (C(OH)–C–C–N with tert-alkyl or cyclic N) is 1. The molecule has 0 radical (unpaired) electrons. The molecule has 0 aromatic heterocycles. The predicted molar refractivity (Wildman–Crippen MR) is 45.4 cm³/mol. The van der Waals surface area contributed by atoms with Gasteiger partial charge in [0.2, 0.25) is 5.91 Å². The Kier molecular flexibility index (Phi) is 2.83. The maximum atomic E-state index is 11.1. The van der Waals surface area contributed by atoms with Crippen molar-refractivity contribution in [2.45, 2.75) is 6.23 Å². The van der Waals surface area contributed by atoms with Gasteiger partial charge in [-0.05, 0) is 13.1 Å². The summed E-state index contributed by atoms with van der Waals surface area (Å²) in [5.74, 6) is -0.109. The lowest BCUT2D eigenvalue weighted by Crippen LogP contribution is -2.52. The van der Waals surface area contributed by atoms with E-state index >= 15 is 0 Å². The summed E-state index contributed by atoms with van der Waals surface area (Å²) >= 11 is 0. The third kappa shape index (κ3) is 1.84. The highest BCUT2D eigenvalue weighted by Crippen LogP contribution is 2.05. The summed E-state index contributed by atoms with van der Waals surface area (Å²) < 4.78 is 0. The Hall–Kier alpha value is -0.870. The lowest BCUT2D eigenvalue weighted by molar-refractivity contribution is -0.133. The molecule has 0 saturated carbocycles.